The molecule has 1 aromatic rings. The third-order valence-electron chi connectivity index (χ3n) is 3.33. The normalized spacial score (nSPS) is 13.4. The summed E-state index contributed by atoms with van der Waals surface area (Å²) in [5.74, 6) is 0.517. The topological polar surface area (TPSA) is 46.2 Å². The van der Waals surface area contributed by atoms with Crippen molar-refractivity contribution in [3.05, 3.63) is 35.9 Å². The lowest BCUT2D eigenvalue weighted by molar-refractivity contribution is 0.443. The zero-order chi connectivity index (χ0) is 14.1. The zero-order valence-corrected chi connectivity index (χ0v) is 12.7. The van der Waals surface area contributed by atoms with Crippen LogP contribution >= 0.6 is 0 Å². The highest BCUT2D eigenvalue weighted by atomic mass is 32.2. The minimum Gasteiger partial charge on any atom is -0.215 e. The molecule has 0 spiro atoms. The molecule has 1 unspecified atom stereocenters. The molecule has 0 fully saturated rings. The third-order valence-corrected chi connectivity index (χ3v) is 4.65. The fraction of sp³-hybridized carbons (Fsp3) is 0.600. The largest absolute Gasteiger partial charge is 0.215 e. The first kappa shape index (κ1) is 16.2. The second-order valence-electron chi connectivity index (χ2n) is 5.01. The number of hydrogen-bond acceptors (Lipinski definition) is 2. The first-order valence-electron chi connectivity index (χ1n) is 7.08. The molecule has 0 aliphatic carbocycles. The van der Waals surface area contributed by atoms with Crippen LogP contribution in [-0.4, -0.2) is 15.0 Å². The molecule has 0 bridgehead atoms. The van der Waals surface area contributed by atoms with E-state index in [0.717, 1.165) is 24.8 Å². The summed E-state index contributed by atoms with van der Waals surface area (Å²) in [5.41, 5.74) is 0.830. The van der Waals surface area contributed by atoms with Crippen molar-refractivity contribution in [3.8, 4) is 0 Å². The molecular weight excluding hydrogens is 258 g/mol. The summed E-state index contributed by atoms with van der Waals surface area (Å²) in [7, 11) is -3.21. The van der Waals surface area contributed by atoms with Gasteiger partial charge < -0.3 is 0 Å². The highest BCUT2D eigenvalue weighted by Crippen LogP contribution is 2.12. The summed E-state index contributed by atoms with van der Waals surface area (Å²) in [6.07, 6.45) is 4.45. The molecule has 1 rings (SSSR count). The lowest BCUT2D eigenvalue weighted by Crippen LogP contribution is -2.30. The summed E-state index contributed by atoms with van der Waals surface area (Å²) >= 11 is 0. The van der Waals surface area contributed by atoms with Gasteiger partial charge in [0.05, 0.1) is 5.75 Å². The van der Waals surface area contributed by atoms with E-state index in [1.165, 1.54) is 6.42 Å². The number of unbranched alkanes of at least 4 members (excludes halogenated alkanes) is 1. The first-order valence-corrected chi connectivity index (χ1v) is 8.74. The molecule has 108 valence electrons. The van der Waals surface area contributed by atoms with Crippen molar-refractivity contribution < 1.29 is 8.42 Å². The fourth-order valence-corrected chi connectivity index (χ4v) is 3.26. The van der Waals surface area contributed by atoms with Gasteiger partial charge in [-0.05, 0) is 17.9 Å². The van der Waals surface area contributed by atoms with Gasteiger partial charge in [0.2, 0.25) is 10.0 Å². The van der Waals surface area contributed by atoms with Crippen LogP contribution in [0.1, 0.15) is 45.1 Å². The van der Waals surface area contributed by atoms with Gasteiger partial charge in [-0.1, -0.05) is 63.4 Å². The predicted molar refractivity (Wildman–Crippen MR) is 80.4 cm³/mol. The molecule has 0 aromatic heterocycles. The van der Waals surface area contributed by atoms with E-state index in [2.05, 4.69) is 18.6 Å². The van der Waals surface area contributed by atoms with E-state index in [9.17, 15) is 8.42 Å². The van der Waals surface area contributed by atoms with Gasteiger partial charge in [0.1, 0.15) is 0 Å². The predicted octanol–water partition coefficient (Wildman–Crippen LogP) is 3.32. The standard InChI is InChI=1S/C15H25NO2S/c1-3-5-9-14(4-2)12-16-19(17,18)13-15-10-7-6-8-11-15/h6-8,10-11,14,16H,3-5,9,12-13H2,1-2H3. The van der Waals surface area contributed by atoms with E-state index in [1.807, 2.05) is 30.3 Å². The number of rotatable bonds is 9. The van der Waals surface area contributed by atoms with E-state index in [-0.39, 0.29) is 5.75 Å². The van der Waals surface area contributed by atoms with Gasteiger partial charge in [-0.25, -0.2) is 13.1 Å². The average Bonchev–Trinajstić information content (AvgIpc) is 2.39. The molecule has 3 nitrogen and oxygen atoms in total. The molecule has 0 saturated heterocycles. The number of nitrogens with one attached hydrogen (secondary N) is 1. The van der Waals surface area contributed by atoms with Crippen molar-refractivity contribution in [2.75, 3.05) is 6.54 Å². The van der Waals surface area contributed by atoms with Crippen LogP contribution in [0.3, 0.4) is 0 Å². The van der Waals surface area contributed by atoms with E-state index in [0.29, 0.717) is 12.5 Å². The van der Waals surface area contributed by atoms with E-state index < -0.39 is 10.0 Å². The molecule has 19 heavy (non-hydrogen) atoms. The Morgan fingerprint density at radius 1 is 1.16 bits per heavy atom. The highest BCUT2D eigenvalue weighted by molar-refractivity contribution is 7.88. The number of sulfonamides is 1. The highest BCUT2D eigenvalue weighted by Gasteiger charge is 2.14. The summed E-state index contributed by atoms with van der Waals surface area (Å²) < 4.78 is 26.7. The van der Waals surface area contributed by atoms with Crippen molar-refractivity contribution in [2.45, 2.75) is 45.3 Å². The molecule has 0 saturated carbocycles. The molecule has 1 N–H and O–H groups in total. The number of hydrogen-bond donors (Lipinski definition) is 1. The van der Waals surface area contributed by atoms with Crippen LogP contribution in [0.4, 0.5) is 0 Å². The maximum absolute atomic E-state index is 12.0. The van der Waals surface area contributed by atoms with Crippen LogP contribution in [0.15, 0.2) is 30.3 Å². The SMILES string of the molecule is CCCCC(CC)CNS(=O)(=O)Cc1ccccc1. The maximum Gasteiger partial charge on any atom is 0.215 e. The summed E-state index contributed by atoms with van der Waals surface area (Å²) in [4.78, 5) is 0. The third kappa shape index (κ3) is 6.73. The number of benzene rings is 1. The zero-order valence-electron chi connectivity index (χ0n) is 11.9. The Hall–Kier alpha value is -0.870. The molecule has 0 heterocycles. The smallest absolute Gasteiger partial charge is 0.215 e. The van der Waals surface area contributed by atoms with Crippen molar-refractivity contribution in [1.82, 2.24) is 4.72 Å². The Kier molecular flexibility index (Phi) is 7.10. The second-order valence-corrected chi connectivity index (χ2v) is 6.82. The Labute approximate surface area is 117 Å². The molecule has 0 amide bonds. The van der Waals surface area contributed by atoms with Crippen molar-refractivity contribution in [1.29, 1.82) is 0 Å². The van der Waals surface area contributed by atoms with Gasteiger partial charge in [0, 0.05) is 6.54 Å². The summed E-state index contributed by atoms with van der Waals surface area (Å²) in [6, 6.07) is 9.30. The molecule has 0 aliphatic heterocycles. The Morgan fingerprint density at radius 2 is 1.84 bits per heavy atom. The maximum atomic E-state index is 12.0. The van der Waals surface area contributed by atoms with Gasteiger partial charge in [-0.2, -0.15) is 0 Å². The van der Waals surface area contributed by atoms with Crippen molar-refractivity contribution in [2.24, 2.45) is 5.92 Å². The average molecular weight is 283 g/mol. The van der Waals surface area contributed by atoms with Gasteiger partial charge >= 0.3 is 0 Å². The van der Waals surface area contributed by atoms with Gasteiger partial charge in [0.15, 0.2) is 0 Å². The van der Waals surface area contributed by atoms with Crippen molar-refractivity contribution >= 4 is 10.0 Å². The molecule has 4 heteroatoms. The Bertz CT molecular complexity index is 442. The van der Waals surface area contributed by atoms with E-state index >= 15 is 0 Å². The molecule has 1 atom stereocenters. The van der Waals surface area contributed by atoms with Gasteiger partial charge in [-0.3, -0.25) is 0 Å². The molecule has 1 aromatic carbocycles. The van der Waals surface area contributed by atoms with Crippen LogP contribution in [0.5, 0.6) is 0 Å². The van der Waals surface area contributed by atoms with E-state index in [1.54, 1.807) is 0 Å². The summed E-state index contributed by atoms with van der Waals surface area (Å²) in [6.45, 7) is 4.84. The van der Waals surface area contributed by atoms with E-state index in [4.69, 9.17) is 0 Å². The molecule has 0 aliphatic rings. The van der Waals surface area contributed by atoms with Crippen LogP contribution in [0.2, 0.25) is 0 Å². The minimum atomic E-state index is -3.21. The van der Waals surface area contributed by atoms with Gasteiger partial charge in [0.25, 0.3) is 0 Å². The van der Waals surface area contributed by atoms with Crippen LogP contribution in [-0.2, 0) is 15.8 Å². The molecule has 0 radical (unpaired) electrons. The lowest BCUT2D eigenvalue weighted by atomic mass is 10.00. The minimum absolute atomic E-state index is 0.0675. The van der Waals surface area contributed by atoms with Crippen molar-refractivity contribution in [3.63, 3.8) is 0 Å². The van der Waals surface area contributed by atoms with Crippen LogP contribution in [0, 0.1) is 5.92 Å². The fourth-order valence-electron chi connectivity index (χ4n) is 2.03. The Balaban J connectivity index is 2.46. The van der Waals surface area contributed by atoms with Crippen LogP contribution < -0.4 is 4.72 Å². The lowest BCUT2D eigenvalue weighted by Gasteiger charge is -2.15. The quantitative estimate of drug-likeness (QED) is 0.755. The Morgan fingerprint density at radius 3 is 2.42 bits per heavy atom. The second kappa shape index (κ2) is 8.33. The first-order chi connectivity index (χ1) is 9.07. The van der Waals surface area contributed by atoms with Crippen LogP contribution in [0.25, 0.3) is 0 Å². The monoisotopic (exact) mass is 283 g/mol. The van der Waals surface area contributed by atoms with Gasteiger partial charge in [-0.15, -0.1) is 0 Å². The summed E-state index contributed by atoms with van der Waals surface area (Å²) in [5, 5.41) is 0. The molecular formula is C15H25NO2S.